The van der Waals surface area contributed by atoms with E-state index >= 15 is 0 Å². The number of benzene rings is 3. The smallest absolute Gasteiger partial charge is 0 e. The predicted molar refractivity (Wildman–Crippen MR) is 112 cm³/mol. The summed E-state index contributed by atoms with van der Waals surface area (Å²) in [5, 5.41) is 0. The third-order valence-electron chi connectivity index (χ3n) is 2.95. The van der Waals surface area contributed by atoms with Gasteiger partial charge < -0.3 is 0 Å². The number of aryl methyl sites for hydroxylation is 1. The molecule has 0 saturated heterocycles. The van der Waals surface area contributed by atoms with Gasteiger partial charge in [0.15, 0.2) is 0 Å². The zero-order valence-electron chi connectivity index (χ0n) is 14.6. The fraction of sp³-hybridized carbons (Fsp3) is 0.0833. The van der Waals surface area contributed by atoms with Gasteiger partial charge in [0.2, 0.25) is 0 Å². The highest BCUT2D eigenvalue weighted by atomic mass is 13.9. The molecule has 0 heteroatoms. The van der Waals surface area contributed by atoms with E-state index in [2.05, 4.69) is 50.9 Å². The zero-order valence-corrected chi connectivity index (χ0v) is 14.6. The van der Waals surface area contributed by atoms with Crippen LogP contribution < -0.4 is 0 Å². The molecule has 0 spiro atoms. The van der Waals surface area contributed by atoms with Crippen LogP contribution in [-0.2, 0) is 6.42 Å². The first-order valence-electron chi connectivity index (χ1n) is 8.08. The quantitative estimate of drug-likeness (QED) is 0.434. The minimum Gasteiger partial charge on any atom is -0.106 e. The Labute approximate surface area is 149 Å². The summed E-state index contributed by atoms with van der Waals surface area (Å²) in [6.45, 7) is 11.8. The summed E-state index contributed by atoms with van der Waals surface area (Å²) in [7, 11) is 0. The average molecular weight is 319 g/mol. The van der Waals surface area contributed by atoms with Gasteiger partial charge in [-0.1, -0.05) is 117 Å². The Morgan fingerprint density at radius 2 is 1.00 bits per heavy atom. The number of rotatable bonds is 2. The predicted octanol–water partition coefficient (Wildman–Crippen LogP) is 7.31. The second-order valence-corrected chi connectivity index (χ2v) is 4.61. The summed E-state index contributed by atoms with van der Waals surface area (Å²) in [4.78, 5) is 0. The van der Waals surface area contributed by atoms with E-state index in [-0.39, 0.29) is 1.43 Å². The van der Waals surface area contributed by atoms with Crippen LogP contribution in [0.4, 0.5) is 0 Å². The highest BCUT2D eigenvalue weighted by molar-refractivity contribution is 5.45. The van der Waals surface area contributed by atoms with E-state index in [0.29, 0.717) is 0 Å². The molecule has 0 aromatic heterocycles. The molecule has 3 aromatic rings. The molecule has 0 amide bonds. The fourth-order valence-electron chi connectivity index (χ4n) is 1.69. The first-order valence-corrected chi connectivity index (χ1v) is 8.08. The summed E-state index contributed by atoms with van der Waals surface area (Å²) >= 11 is 0. The van der Waals surface area contributed by atoms with Crippen LogP contribution in [-0.4, -0.2) is 0 Å². The van der Waals surface area contributed by atoms with Crippen LogP contribution in [0, 0.1) is 0 Å². The van der Waals surface area contributed by atoms with E-state index in [9.17, 15) is 0 Å². The van der Waals surface area contributed by atoms with E-state index in [4.69, 9.17) is 0 Å². The van der Waals surface area contributed by atoms with Crippen LogP contribution in [0.15, 0.2) is 117 Å². The lowest BCUT2D eigenvalue weighted by Crippen LogP contribution is -1.73. The van der Waals surface area contributed by atoms with Gasteiger partial charge in [-0.2, -0.15) is 0 Å². The van der Waals surface area contributed by atoms with Gasteiger partial charge in [0.1, 0.15) is 0 Å². The van der Waals surface area contributed by atoms with Crippen molar-refractivity contribution in [2.75, 3.05) is 0 Å². The number of hydrogen-bond donors (Lipinski definition) is 0. The van der Waals surface area contributed by atoms with E-state index < -0.39 is 0 Å². The second kappa shape index (κ2) is 16.5. The molecule has 3 rings (SSSR count). The maximum absolute atomic E-state index is 3.63. The topological polar surface area (TPSA) is 0 Å². The highest BCUT2D eigenvalue weighted by Gasteiger charge is 1.80. The molecule has 0 N–H and O–H groups in total. The van der Waals surface area contributed by atoms with Crippen molar-refractivity contribution < 1.29 is 1.43 Å². The molecular formula is C24H30. The normalized spacial score (nSPS) is 8.04. The Kier molecular flexibility index (Phi) is 14.5. The van der Waals surface area contributed by atoms with Crippen molar-refractivity contribution in [1.82, 2.24) is 0 Å². The van der Waals surface area contributed by atoms with Gasteiger partial charge in [0, 0.05) is 1.43 Å². The summed E-state index contributed by atoms with van der Waals surface area (Å²) in [6.07, 6.45) is 2.97. The molecule has 0 radical (unpaired) electrons. The minimum atomic E-state index is 0. The second-order valence-electron chi connectivity index (χ2n) is 4.61. The number of hydrogen-bond acceptors (Lipinski definition) is 0. The minimum absolute atomic E-state index is 0. The van der Waals surface area contributed by atoms with Gasteiger partial charge in [0.25, 0.3) is 0 Å². The Balaban J connectivity index is 0. The molecule has 3 aromatic carbocycles. The van der Waals surface area contributed by atoms with Crippen molar-refractivity contribution in [3.05, 3.63) is 128 Å². The Bertz CT molecular complexity index is 577. The highest BCUT2D eigenvalue weighted by Crippen LogP contribution is 1.97. The van der Waals surface area contributed by atoms with Crippen molar-refractivity contribution in [3.63, 3.8) is 0 Å². The third kappa shape index (κ3) is 11.8. The maximum Gasteiger partial charge on any atom is 0 e. The molecule has 0 unspecified atom stereocenters. The Morgan fingerprint density at radius 1 is 0.667 bits per heavy atom. The third-order valence-corrected chi connectivity index (χ3v) is 2.95. The molecule has 0 saturated carbocycles. The maximum atomic E-state index is 3.63. The zero-order chi connectivity index (χ0) is 17.9. The molecule has 0 aliphatic heterocycles. The van der Waals surface area contributed by atoms with Crippen LogP contribution in [0.3, 0.4) is 0 Å². The van der Waals surface area contributed by atoms with E-state index in [1.54, 1.807) is 0 Å². The van der Waals surface area contributed by atoms with Crippen LogP contribution >= 0.6 is 0 Å². The molecule has 0 aliphatic rings. The first kappa shape index (κ1) is 21.1. The van der Waals surface area contributed by atoms with Crippen molar-refractivity contribution in [2.45, 2.75) is 13.3 Å². The Morgan fingerprint density at radius 3 is 1.25 bits per heavy atom. The molecule has 126 valence electrons. The summed E-state index contributed by atoms with van der Waals surface area (Å²) in [5.74, 6) is 0. The molecule has 0 nitrogen and oxygen atoms in total. The Hall–Kier alpha value is -2.86. The fourth-order valence-corrected chi connectivity index (χ4v) is 1.69. The molecule has 0 bridgehead atoms. The molecule has 24 heavy (non-hydrogen) atoms. The summed E-state index contributed by atoms with van der Waals surface area (Å²) in [5.41, 5.74) is 2.58. The van der Waals surface area contributed by atoms with Crippen molar-refractivity contribution in [2.24, 2.45) is 0 Å². The van der Waals surface area contributed by atoms with Crippen LogP contribution in [0.5, 0.6) is 0 Å². The molecule has 0 heterocycles. The lowest BCUT2D eigenvalue weighted by molar-refractivity contribution is 1.14. The van der Waals surface area contributed by atoms with Gasteiger partial charge >= 0.3 is 0 Å². The average Bonchev–Trinajstić information content (AvgIpc) is 2.73. The van der Waals surface area contributed by atoms with E-state index in [0.717, 1.165) is 6.42 Å². The van der Waals surface area contributed by atoms with Crippen LogP contribution in [0.25, 0.3) is 6.08 Å². The molecular weight excluding hydrogens is 288 g/mol. The summed E-state index contributed by atoms with van der Waals surface area (Å²) < 4.78 is 0. The van der Waals surface area contributed by atoms with Crippen molar-refractivity contribution >= 4 is 6.08 Å². The largest absolute Gasteiger partial charge is 0.106 e. The molecule has 0 aliphatic carbocycles. The van der Waals surface area contributed by atoms with Gasteiger partial charge in [-0.25, -0.2) is 0 Å². The van der Waals surface area contributed by atoms with Gasteiger partial charge in [0.05, 0.1) is 0 Å². The van der Waals surface area contributed by atoms with Gasteiger partial charge in [-0.3, -0.25) is 0 Å². The van der Waals surface area contributed by atoms with E-state index in [1.165, 1.54) is 11.1 Å². The lowest BCUT2D eigenvalue weighted by Gasteiger charge is -1.89. The first-order chi connectivity index (χ1) is 11.9. The van der Waals surface area contributed by atoms with Crippen LogP contribution in [0.2, 0.25) is 0 Å². The lowest BCUT2D eigenvalue weighted by atomic mass is 10.2. The van der Waals surface area contributed by atoms with Crippen LogP contribution in [0.1, 0.15) is 19.5 Å². The van der Waals surface area contributed by atoms with Gasteiger partial charge in [-0.05, 0) is 17.5 Å². The van der Waals surface area contributed by atoms with E-state index in [1.807, 2.05) is 78.9 Å². The summed E-state index contributed by atoms with van der Waals surface area (Å²) in [6, 6.07) is 32.5. The standard InChI is InChI=1S/C8H10.C8H8.C6H6.C2H4.H2/c2*1-2-8-6-4-3-5-7-8;1-2-4-6-5-3-1;1-2;/h3-7H,2H2,1H3;2-7H,1H2;1-6H;1-2H2;1H. The van der Waals surface area contributed by atoms with Crippen molar-refractivity contribution in [1.29, 1.82) is 0 Å². The molecule has 0 fully saturated rings. The van der Waals surface area contributed by atoms with Crippen molar-refractivity contribution in [3.8, 4) is 0 Å². The molecule has 0 atom stereocenters. The SMILES string of the molecule is C=C.C=Cc1ccccc1.CCc1ccccc1.[HH].c1ccccc1. The monoisotopic (exact) mass is 318 g/mol. The van der Waals surface area contributed by atoms with Gasteiger partial charge in [-0.15, -0.1) is 13.2 Å².